The van der Waals surface area contributed by atoms with Gasteiger partial charge in [-0.25, -0.2) is 0 Å². The van der Waals surface area contributed by atoms with Crippen LogP contribution in [-0.4, -0.2) is 79.0 Å². The van der Waals surface area contributed by atoms with Crippen LogP contribution in [0.15, 0.2) is 30.3 Å². The van der Waals surface area contributed by atoms with Crippen molar-refractivity contribution in [2.45, 2.75) is 19.5 Å². The number of hydrogen-bond donors (Lipinski definition) is 1. The number of piperazine rings is 2. The van der Waals surface area contributed by atoms with E-state index in [1.54, 1.807) is 0 Å². The number of rotatable bonds is 4. The Hall–Kier alpha value is -1.43. The molecule has 3 rings (SSSR count). The molecule has 2 saturated heterocycles. The molecule has 1 aromatic rings. The smallest absolute Gasteiger partial charge is 0.236 e. The summed E-state index contributed by atoms with van der Waals surface area (Å²) in [5, 5.41) is 3.39. The van der Waals surface area contributed by atoms with Crippen LogP contribution in [0.1, 0.15) is 12.5 Å². The van der Waals surface area contributed by atoms with Crippen molar-refractivity contribution in [3.63, 3.8) is 0 Å². The number of carbonyl (C=O) groups is 1. The zero-order valence-corrected chi connectivity index (χ0v) is 14.1. The van der Waals surface area contributed by atoms with Gasteiger partial charge in [0.05, 0.1) is 6.54 Å². The number of nitrogens with zero attached hydrogens (tertiary/aromatic N) is 3. The molecule has 5 heteroatoms. The zero-order valence-electron chi connectivity index (χ0n) is 14.1. The summed E-state index contributed by atoms with van der Waals surface area (Å²) in [6.45, 7) is 10.4. The maximum absolute atomic E-state index is 12.4. The van der Waals surface area contributed by atoms with Crippen molar-refractivity contribution in [2.75, 3.05) is 52.4 Å². The van der Waals surface area contributed by atoms with E-state index in [0.717, 1.165) is 52.4 Å². The van der Waals surface area contributed by atoms with Gasteiger partial charge in [-0.1, -0.05) is 30.3 Å². The van der Waals surface area contributed by atoms with E-state index in [-0.39, 0.29) is 5.91 Å². The SMILES string of the molecule is CC1CN(C(=O)CN2CCN(Cc3ccccc3)CC2)CCN1. The van der Waals surface area contributed by atoms with Crippen LogP contribution in [0.5, 0.6) is 0 Å². The third kappa shape index (κ3) is 4.77. The molecule has 0 aromatic heterocycles. The van der Waals surface area contributed by atoms with E-state index in [1.165, 1.54) is 5.56 Å². The molecule has 1 aromatic carbocycles. The van der Waals surface area contributed by atoms with Gasteiger partial charge < -0.3 is 10.2 Å². The molecule has 1 unspecified atom stereocenters. The Kier molecular flexibility index (Phi) is 5.65. The van der Waals surface area contributed by atoms with Crippen LogP contribution in [0.2, 0.25) is 0 Å². The fourth-order valence-corrected chi connectivity index (χ4v) is 3.40. The standard InChI is InChI=1S/C18H28N4O/c1-16-13-22(8-7-19-16)18(23)15-21-11-9-20(10-12-21)14-17-5-3-2-4-6-17/h2-6,16,19H,7-15H2,1H3. The second-order valence-electron chi connectivity index (χ2n) is 6.73. The van der Waals surface area contributed by atoms with E-state index in [9.17, 15) is 4.79 Å². The summed E-state index contributed by atoms with van der Waals surface area (Å²) in [5.41, 5.74) is 1.37. The van der Waals surface area contributed by atoms with Gasteiger partial charge in [0.25, 0.3) is 0 Å². The lowest BCUT2D eigenvalue weighted by Crippen LogP contribution is -2.55. The molecule has 23 heavy (non-hydrogen) atoms. The van der Waals surface area contributed by atoms with Crippen LogP contribution in [0.4, 0.5) is 0 Å². The van der Waals surface area contributed by atoms with Crippen LogP contribution in [0.3, 0.4) is 0 Å². The minimum Gasteiger partial charge on any atom is -0.339 e. The molecule has 126 valence electrons. The van der Waals surface area contributed by atoms with Gasteiger partial charge in [-0.05, 0) is 12.5 Å². The number of hydrogen-bond acceptors (Lipinski definition) is 4. The molecule has 2 aliphatic rings. The first-order chi connectivity index (χ1) is 11.2. The lowest BCUT2D eigenvalue weighted by Gasteiger charge is -2.37. The van der Waals surface area contributed by atoms with Crippen LogP contribution in [-0.2, 0) is 11.3 Å². The number of nitrogens with one attached hydrogen (secondary N) is 1. The van der Waals surface area contributed by atoms with Crippen LogP contribution < -0.4 is 5.32 Å². The largest absolute Gasteiger partial charge is 0.339 e. The predicted molar refractivity (Wildman–Crippen MR) is 92.2 cm³/mol. The van der Waals surface area contributed by atoms with Gasteiger partial charge in [-0.15, -0.1) is 0 Å². The Labute approximate surface area is 139 Å². The second-order valence-corrected chi connectivity index (χ2v) is 6.73. The number of carbonyl (C=O) groups excluding carboxylic acids is 1. The fourth-order valence-electron chi connectivity index (χ4n) is 3.40. The molecule has 5 nitrogen and oxygen atoms in total. The molecular formula is C18H28N4O. The van der Waals surface area contributed by atoms with Gasteiger partial charge in [0, 0.05) is 58.4 Å². The highest BCUT2D eigenvalue weighted by atomic mass is 16.2. The molecule has 0 saturated carbocycles. The first-order valence-electron chi connectivity index (χ1n) is 8.70. The second kappa shape index (κ2) is 7.90. The van der Waals surface area contributed by atoms with Gasteiger partial charge >= 0.3 is 0 Å². The summed E-state index contributed by atoms with van der Waals surface area (Å²) in [5.74, 6) is 0.287. The van der Waals surface area contributed by atoms with E-state index in [2.05, 4.69) is 52.4 Å². The Morgan fingerprint density at radius 1 is 1.09 bits per heavy atom. The summed E-state index contributed by atoms with van der Waals surface area (Å²) >= 11 is 0. The van der Waals surface area contributed by atoms with Gasteiger partial charge in [0.15, 0.2) is 0 Å². The third-order valence-electron chi connectivity index (χ3n) is 4.79. The first-order valence-corrected chi connectivity index (χ1v) is 8.70. The van der Waals surface area contributed by atoms with E-state index in [4.69, 9.17) is 0 Å². The zero-order chi connectivity index (χ0) is 16.1. The highest BCUT2D eigenvalue weighted by Gasteiger charge is 2.24. The Bertz CT molecular complexity index is 499. The maximum Gasteiger partial charge on any atom is 0.236 e. The summed E-state index contributed by atoms with van der Waals surface area (Å²) in [6, 6.07) is 11.0. The number of benzene rings is 1. The molecule has 0 spiro atoms. The van der Waals surface area contributed by atoms with E-state index in [1.807, 2.05) is 4.90 Å². The highest BCUT2D eigenvalue weighted by Crippen LogP contribution is 2.09. The van der Waals surface area contributed by atoms with Crippen molar-refractivity contribution in [3.8, 4) is 0 Å². The van der Waals surface area contributed by atoms with Gasteiger partial charge in [-0.2, -0.15) is 0 Å². The van der Waals surface area contributed by atoms with Crippen LogP contribution in [0, 0.1) is 0 Å². The molecule has 1 N–H and O–H groups in total. The molecule has 0 bridgehead atoms. The van der Waals surface area contributed by atoms with Crippen LogP contribution in [0.25, 0.3) is 0 Å². The van der Waals surface area contributed by atoms with Crippen LogP contribution >= 0.6 is 0 Å². The molecule has 2 fully saturated rings. The minimum atomic E-state index is 0.287. The van der Waals surface area contributed by atoms with E-state index < -0.39 is 0 Å². The van der Waals surface area contributed by atoms with Crippen molar-refractivity contribution in [1.29, 1.82) is 0 Å². The monoisotopic (exact) mass is 316 g/mol. The maximum atomic E-state index is 12.4. The topological polar surface area (TPSA) is 38.8 Å². The van der Waals surface area contributed by atoms with Crippen molar-refractivity contribution in [2.24, 2.45) is 0 Å². The number of amides is 1. The van der Waals surface area contributed by atoms with Crippen molar-refractivity contribution in [3.05, 3.63) is 35.9 Å². The highest BCUT2D eigenvalue weighted by molar-refractivity contribution is 5.78. The van der Waals surface area contributed by atoms with E-state index in [0.29, 0.717) is 12.6 Å². The minimum absolute atomic E-state index is 0.287. The predicted octanol–water partition coefficient (Wildman–Crippen LogP) is 0.625. The summed E-state index contributed by atoms with van der Waals surface area (Å²) < 4.78 is 0. The Balaban J connectivity index is 1.41. The van der Waals surface area contributed by atoms with E-state index >= 15 is 0 Å². The Morgan fingerprint density at radius 2 is 1.78 bits per heavy atom. The van der Waals surface area contributed by atoms with Crippen molar-refractivity contribution < 1.29 is 4.79 Å². The molecule has 2 aliphatic heterocycles. The molecule has 1 amide bonds. The summed E-state index contributed by atoms with van der Waals surface area (Å²) in [7, 11) is 0. The molecule has 2 heterocycles. The quantitative estimate of drug-likeness (QED) is 0.884. The lowest BCUT2D eigenvalue weighted by atomic mass is 10.2. The third-order valence-corrected chi connectivity index (χ3v) is 4.79. The summed E-state index contributed by atoms with van der Waals surface area (Å²) in [6.07, 6.45) is 0. The average Bonchev–Trinajstić information content (AvgIpc) is 2.57. The summed E-state index contributed by atoms with van der Waals surface area (Å²) in [4.78, 5) is 19.2. The fraction of sp³-hybridized carbons (Fsp3) is 0.611. The average molecular weight is 316 g/mol. The van der Waals surface area contributed by atoms with Gasteiger partial charge in [-0.3, -0.25) is 14.6 Å². The molecule has 1 atom stereocenters. The molecule has 0 radical (unpaired) electrons. The van der Waals surface area contributed by atoms with Crippen molar-refractivity contribution in [1.82, 2.24) is 20.0 Å². The molecular weight excluding hydrogens is 288 g/mol. The Morgan fingerprint density at radius 3 is 2.48 bits per heavy atom. The normalized spacial score (nSPS) is 23.9. The van der Waals surface area contributed by atoms with Crippen molar-refractivity contribution >= 4 is 5.91 Å². The van der Waals surface area contributed by atoms with Gasteiger partial charge in [0.1, 0.15) is 0 Å². The first kappa shape index (κ1) is 16.4. The van der Waals surface area contributed by atoms with Gasteiger partial charge in [0.2, 0.25) is 5.91 Å². The molecule has 0 aliphatic carbocycles. The lowest BCUT2D eigenvalue weighted by molar-refractivity contribution is -0.134.